The zero-order valence-electron chi connectivity index (χ0n) is 35.2. The Labute approximate surface area is 343 Å². The number of nitrogens with zero attached hydrogens (tertiary/aromatic N) is 2. The van der Waals surface area contributed by atoms with Crippen molar-refractivity contribution in [3.63, 3.8) is 0 Å². The van der Waals surface area contributed by atoms with Crippen LogP contribution < -0.4 is 4.90 Å². The molecule has 1 aromatic heterocycles. The minimum absolute atomic E-state index is 0.118. The highest BCUT2D eigenvalue weighted by Crippen LogP contribution is 2.54. The number of fused-ring (bicyclic) bond motifs is 10. The summed E-state index contributed by atoms with van der Waals surface area (Å²) in [5.41, 5.74) is 17.8. The van der Waals surface area contributed by atoms with Crippen molar-refractivity contribution in [2.45, 2.75) is 38.5 Å². The second-order valence-corrected chi connectivity index (χ2v) is 16.8. The quantitative estimate of drug-likeness (QED) is 0.154. The van der Waals surface area contributed by atoms with Gasteiger partial charge < -0.3 is 9.47 Å². The number of benzene rings is 8. The Morgan fingerprint density at radius 1 is 0.448 bits per heavy atom. The van der Waals surface area contributed by atoms with Crippen LogP contribution in [0.2, 0.25) is 0 Å². The third-order valence-electron chi connectivity index (χ3n) is 12.8. The monoisotopic (exact) mass is 746 g/mol. The maximum atomic E-state index is 9.41. The average Bonchev–Trinajstić information content (AvgIpc) is 3.83. The van der Waals surface area contributed by atoms with Crippen molar-refractivity contribution in [3.05, 3.63) is 215 Å². The van der Waals surface area contributed by atoms with Crippen LogP contribution >= 0.6 is 0 Å². The summed E-state index contributed by atoms with van der Waals surface area (Å²) in [7, 11) is 0. The molecule has 1 heterocycles. The van der Waals surface area contributed by atoms with Crippen LogP contribution in [0, 0.1) is 0 Å². The van der Waals surface area contributed by atoms with Crippen molar-refractivity contribution in [1.29, 1.82) is 0 Å². The van der Waals surface area contributed by atoms with E-state index in [9.17, 15) is 2.74 Å². The van der Waals surface area contributed by atoms with Gasteiger partial charge in [0, 0.05) is 44.4 Å². The number of rotatable bonds is 6. The Kier molecular flexibility index (Phi) is 7.11. The smallest absolute Gasteiger partial charge is 0.0629 e. The van der Waals surface area contributed by atoms with Crippen LogP contribution in [0.5, 0.6) is 0 Å². The van der Waals surface area contributed by atoms with Crippen LogP contribution in [0.25, 0.3) is 61.9 Å². The Hall–Kier alpha value is -6.90. The second-order valence-electron chi connectivity index (χ2n) is 16.8. The zero-order chi connectivity index (χ0) is 40.9. The van der Waals surface area contributed by atoms with Crippen molar-refractivity contribution >= 4 is 51.0 Å². The summed E-state index contributed by atoms with van der Waals surface area (Å²) in [5.74, 6) is 0. The van der Waals surface area contributed by atoms with E-state index in [0.717, 1.165) is 28.3 Å². The first-order chi connectivity index (χ1) is 29.1. The predicted molar refractivity (Wildman–Crippen MR) is 246 cm³/mol. The molecule has 0 radical (unpaired) electrons. The lowest BCUT2D eigenvalue weighted by Gasteiger charge is -2.28. The predicted octanol–water partition coefficient (Wildman–Crippen LogP) is 15.0. The number of hydrogen-bond acceptors (Lipinski definition) is 1. The highest BCUT2D eigenvalue weighted by atomic mass is 15.1. The van der Waals surface area contributed by atoms with Gasteiger partial charge >= 0.3 is 0 Å². The van der Waals surface area contributed by atoms with Gasteiger partial charge in [-0.1, -0.05) is 167 Å². The fraction of sp³-hybridized carbons (Fsp3) is 0.107. The summed E-state index contributed by atoms with van der Waals surface area (Å²) in [6.45, 7) is 9.24. The van der Waals surface area contributed by atoms with E-state index >= 15 is 0 Å². The highest BCUT2D eigenvalue weighted by Gasteiger charge is 2.39. The second kappa shape index (κ2) is 12.8. The number of hydrogen-bond donors (Lipinski definition) is 0. The van der Waals surface area contributed by atoms with Gasteiger partial charge in [0.05, 0.1) is 13.8 Å². The molecule has 2 nitrogen and oxygen atoms in total. The molecule has 2 aliphatic carbocycles. The Morgan fingerprint density at radius 2 is 1.02 bits per heavy atom. The van der Waals surface area contributed by atoms with Crippen LogP contribution in [0.15, 0.2) is 182 Å². The van der Waals surface area contributed by atoms with Gasteiger partial charge in [-0.05, 0) is 110 Å². The largest absolute Gasteiger partial charge is 0.310 e. The molecule has 58 heavy (non-hydrogen) atoms. The summed E-state index contributed by atoms with van der Waals surface area (Å²) in [6.07, 6.45) is 0. The van der Waals surface area contributed by atoms with Crippen LogP contribution in [-0.2, 0) is 10.8 Å². The lowest BCUT2D eigenvalue weighted by Crippen LogP contribution is -2.16. The molecule has 0 aliphatic heterocycles. The van der Waals surface area contributed by atoms with Crippen LogP contribution in [-0.4, -0.2) is 4.57 Å². The molecule has 0 unspecified atom stereocenters. The Bertz CT molecular complexity index is 3210. The molecule has 8 aromatic carbocycles. The lowest BCUT2D eigenvalue weighted by atomic mass is 9.81. The molecule has 0 saturated heterocycles. The van der Waals surface area contributed by atoms with Gasteiger partial charge in [-0.25, -0.2) is 0 Å². The molecule has 0 fully saturated rings. The van der Waals surface area contributed by atoms with Gasteiger partial charge in [-0.15, -0.1) is 0 Å². The summed E-state index contributed by atoms with van der Waals surface area (Å²) >= 11 is 0. The summed E-state index contributed by atoms with van der Waals surface area (Å²) < 4.78 is 21.2. The lowest BCUT2D eigenvalue weighted by molar-refractivity contribution is 0.660. The molecule has 11 rings (SSSR count). The minimum atomic E-state index is -0.346. The van der Waals surface area contributed by atoms with Gasteiger partial charge in [0.25, 0.3) is 0 Å². The fourth-order valence-corrected chi connectivity index (χ4v) is 9.96. The van der Waals surface area contributed by atoms with Crippen molar-refractivity contribution in [1.82, 2.24) is 4.57 Å². The van der Waals surface area contributed by atoms with Gasteiger partial charge in [-0.2, -0.15) is 0 Å². The molecular formula is C56H44N2. The topological polar surface area (TPSA) is 8.17 Å². The van der Waals surface area contributed by atoms with Crippen molar-refractivity contribution < 1.29 is 2.74 Å². The van der Waals surface area contributed by atoms with E-state index in [0.29, 0.717) is 5.56 Å². The third-order valence-corrected chi connectivity index (χ3v) is 12.8. The van der Waals surface area contributed by atoms with E-state index in [1.807, 2.05) is 24.3 Å². The first-order valence-electron chi connectivity index (χ1n) is 21.3. The van der Waals surface area contributed by atoms with Gasteiger partial charge in [0.1, 0.15) is 0 Å². The van der Waals surface area contributed by atoms with Gasteiger partial charge in [0.2, 0.25) is 0 Å². The standard InChI is InChI=1S/C56H44N2/c1-55(2)49-21-13-11-19-43(49)44-32-30-42(36-51(44)55)57(39-15-7-5-8-16-39)41-28-25-37(26-29-41)23-24-38-27-31-45-47-33-34-48-46-20-12-14-22-52(46)58(40-17-9-6-10-18-40)54(48)53(47)56(3,4)50(45)35-38/h5-36H,1-4H3/b24-23+/i23D,24D. The first-order valence-corrected chi connectivity index (χ1v) is 20.3. The van der Waals surface area contributed by atoms with E-state index in [1.165, 1.54) is 66.3 Å². The van der Waals surface area contributed by atoms with Crippen LogP contribution in [0.1, 0.15) is 63.8 Å². The van der Waals surface area contributed by atoms with Crippen molar-refractivity contribution in [2.75, 3.05) is 4.90 Å². The van der Waals surface area contributed by atoms with E-state index in [4.69, 9.17) is 0 Å². The summed E-state index contributed by atoms with van der Waals surface area (Å²) in [4.78, 5) is 2.28. The molecule has 9 aromatic rings. The Morgan fingerprint density at radius 3 is 1.83 bits per heavy atom. The van der Waals surface area contributed by atoms with Gasteiger partial charge in [0.15, 0.2) is 0 Å². The van der Waals surface area contributed by atoms with Gasteiger partial charge in [-0.3, -0.25) is 0 Å². The maximum Gasteiger partial charge on any atom is 0.0629 e. The summed E-state index contributed by atoms with van der Waals surface area (Å²) in [5, 5.41) is 2.48. The van der Waals surface area contributed by atoms with Crippen LogP contribution in [0.3, 0.4) is 0 Å². The molecule has 0 saturated carbocycles. The molecule has 0 N–H and O–H groups in total. The number of para-hydroxylation sites is 3. The van der Waals surface area contributed by atoms with Crippen molar-refractivity contribution in [2.24, 2.45) is 0 Å². The van der Waals surface area contributed by atoms with E-state index < -0.39 is 0 Å². The molecule has 0 amide bonds. The summed E-state index contributed by atoms with van der Waals surface area (Å²) in [6, 6.07) is 64.8. The number of aromatic nitrogens is 1. The zero-order valence-corrected chi connectivity index (χ0v) is 33.2. The maximum absolute atomic E-state index is 9.41. The number of anilines is 3. The molecule has 2 heteroatoms. The highest BCUT2D eigenvalue weighted by molar-refractivity contribution is 6.13. The molecule has 0 atom stereocenters. The fourth-order valence-electron chi connectivity index (χ4n) is 9.96. The SMILES string of the molecule is [2H]/C(=C(/[2H])c1ccc2c(c1)C(C)(C)c1c-2ccc2c3ccccc3n(-c3ccccc3)c12)c1ccc(N(c2ccccc2)c2ccc3c(c2)C(C)(C)c2ccccc2-3)cc1. The Balaban J connectivity index is 0.964. The molecule has 0 spiro atoms. The van der Waals surface area contributed by atoms with E-state index in [2.05, 4.69) is 195 Å². The molecule has 278 valence electrons. The third kappa shape index (κ3) is 5.11. The molecular weight excluding hydrogens is 701 g/mol. The van der Waals surface area contributed by atoms with Crippen molar-refractivity contribution in [3.8, 4) is 27.9 Å². The van der Waals surface area contributed by atoms with E-state index in [-0.39, 0.29) is 22.9 Å². The first kappa shape index (κ1) is 32.2. The average molecular weight is 747 g/mol. The van der Waals surface area contributed by atoms with E-state index in [1.54, 1.807) is 0 Å². The minimum Gasteiger partial charge on any atom is -0.310 e. The molecule has 0 bridgehead atoms. The normalized spacial score (nSPS) is 15.2. The van der Waals surface area contributed by atoms with Crippen LogP contribution in [0.4, 0.5) is 17.1 Å². The molecule has 2 aliphatic rings.